The van der Waals surface area contributed by atoms with E-state index in [-0.39, 0.29) is 0 Å². The number of anilines is 1. The van der Waals surface area contributed by atoms with Gasteiger partial charge < -0.3 is 5.32 Å². The van der Waals surface area contributed by atoms with Crippen molar-refractivity contribution in [3.63, 3.8) is 0 Å². The number of aromatic nitrogens is 4. The minimum absolute atomic E-state index is 0.640. The fourth-order valence-corrected chi connectivity index (χ4v) is 4.33. The van der Waals surface area contributed by atoms with Crippen LogP contribution in [0.3, 0.4) is 0 Å². The van der Waals surface area contributed by atoms with Gasteiger partial charge in [-0.3, -0.25) is 0 Å². The molecule has 0 saturated carbocycles. The predicted molar refractivity (Wildman–Crippen MR) is 101 cm³/mol. The Morgan fingerprint density at radius 2 is 2.12 bits per heavy atom. The topological polar surface area (TPSA) is 55.6 Å². The molecule has 24 heavy (non-hydrogen) atoms. The van der Waals surface area contributed by atoms with Crippen LogP contribution in [0, 0.1) is 6.92 Å². The maximum atomic E-state index is 6.54. The molecule has 0 amide bonds. The average Bonchev–Trinajstić information content (AvgIpc) is 3.17. The Balaban J connectivity index is 1.73. The van der Waals surface area contributed by atoms with Gasteiger partial charge in [0.1, 0.15) is 5.15 Å². The van der Waals surface area contributed by atoms with Gasteiger partial charge in [0, 0.05) is 17.9 Å². The van der Waals surface area contributed by atoms with Crippen LogP contribution >= 0.6 is 34.7 Å². The minimum atomic E-state index is 0.640. The van der Waals surface area contributed by atoms with Gasteiger partial charge in [0.15, 0.2) is 4.34 Å². The molecule has 0 spiro atoms. The van der Waals surface area contributed by atoms with E-state index >= 15 is 0 Å². The summed E-state index contributed by atoms with van der Waals surface area (Å²) in [6.07, 6.45) is 1.79. The Labute approximate surface area is 153 Å². The summed E-state index contributed by atoms with van der Waals surface area (Å²) >= 11 is 9.66. The third-order valence-electron chi connectivity index (χ3n) is 3.27. The first-order chi connectivity index (χ1) is 11.7. The van der Waals surface area contributed by atoms with Gasteiger partial charge >= 0.3 is 0 Å². The van der Waals surface area contributed by atoms with E-state index in [1.807, 2.05) is 37.3 Å². The number of halogens is 1. The van der Waals surface area contributed by atoms with E-state index in [0.29, 0.717) is 17.5 Å². The van der Waals surface area contributed by atoms with Gasteiger partial charge in [0.2, 0.25) is 5.13 Å². The second-order valence-electron chi connectivity index (χ2n) is 4.93. The third-order valence-corrected chi connectivity index (χ3v) is 5.70. The minimum Gasteiger partial charge on any atom is -0.357 e. The molecule has 8 heteroatoms. The fourth-order valence-electron chi connectivity index (χ4n) is 2.07. The van der Waals surface area contributed by atoms with Crippen LogP contribution in [0.4, 0.5) is 5.13 Å². The number of aryl methyl sites for hydroxylation is 1. The summed E-state index contributed by atoms with van der Waals surface area (Å²) in [5, 5.41) is 17.4. The zero-order valence-electron chi connectivity index (χ0n) is 13.1. The smallest absolute Gasteiger partial charge is 0.206 e. The van der Waals surface area contributed by atoms with Gasteiger partial charge in [-0.2, -0.15) is 5.10 Å². The number of hydrogen-bond donors (Lipinski definition) is 1. The molecule has 2 aromatic heterocycles. The summed E-state index contributed by atoms with van der Waals surface area (Å²) in [6.45, 7) is 6.32. The van der Waals surface area contributed by atoms with Crippen LogP contribution in [0.2, 0.25) is 5.15 Å². The van der Waals surface area contributed by atoms with Gasteiger partial charge in [0.05, 0.1) is 11.4 Å². The van der Waals surface area contributed by atoms with Crippen LogP contribution in [-0.4, -0.2) is 26.5 Å². The molecule has 3 aromatic rings. The number of rotatable bonds is 7. The SMILES string of the molecule is C=CCNc1nnc(SCc2c(C)nn(-c3ccccc3)c2Cl)s1. The Morgan fingerprint density at radius 1 is 1.33 bits per heavy atom. The van der Waals surface area contributed by atoms with Gasteiger partial charge in [0.25, 0.3) is 0 Å². The van der Waals surface area contributed by atoms with Crippen molar-refractivity contribution in [1.29, 1.82) is 0 Å². The number of hydrogen-bond acceptors (Lipinski definition) is 6. The molecule has 0 aliphatic carbocycles. The van der Waals surface area contributed by atoms with Crippen LogP contribution in [0.1, 0.15) is 11.3 Å². The largest absolute Gasteiger partial charge is 0.357 e. The number of benzene rings is 1. The van der Waals surface area contributed by atoms with Gasteiger partial charge in [-0.1, -0.05) is 59.0 Å². The van der Waals surface area contributed by atoms with Crippen molar-refractivity contribution >= 4 is 39.8 Å². The summed E-state index contributed by atoms with van der Waals surface area (Å²) in [7, 11) is 0. The molecule has 0 aliphatic heterocycles. The summed E-state index contributed by atoms with van der Waals surface area (Å²) in [6, 6.07) is 9.87. The highest BCUT2D eigenvalue weighted by molar-refractivity contribution is 8.00. The predicted octanol–water partition coefficient (Wildman–Crippen LogP) is 4.58. The van der Waals surface area contributed by atoms with E-state index in [0.717, 1.165) is 26.4 Å². The molecule has 5 nitrogen and oxygen atoms in total. The molecule has 0 atom stereocenters. The fraction of sp³-hybridized carbons (Fsp3) is 0.188. The first-order valence-electron chi connectivity index (χ1n) is 7.29. The first-order valence-corrected chi connectivity index (χ1v) is 9.47. The standard InChI is InChI=1S/C16H16ClN5S2/c1-3-9-18-15-19-20-16(24-15)23-10-13-11(2)21-22(14(13)17)12-7-5-4-6-8-12/h3-8H,1,9-10H2,2H3,(H,18,19). The molecule has 0 bridgehead atoms. The molecule has 1 aromatic carbocycles. The number of thioether (sulfide) groups is 1. The molecule has 2 heterocycles. The maximum absolute atomic E-state index is 6.54. The molecule has 3 rings (SSSR count). The van der Waals surface area contributed by atoms with E-state index in [1.165, 1.54) is 11.3 Å². The van der Waals surface area contributed by atoms with Crippen molar-refractivity contribution in [3.05, 3.63) is 59.4 Å². The van der Waals surface area contributed by atoms with Crippen molar-refractivity contribution in [2.75, 3.05) is 11.9 Å². The van der Waals surface area contributed by atoms with Crippen molar-refractivity contribution in [2.24, 2.45) is 0 Å². The zero-order chi connectivity index (χ0) is 16.9. The number of para-hydroxylation sites is 1. The maximum Gasteiger partial charge on any atom is 0.206 e. The lowest BCUT2D eigenvalue weighted by atomic mass is 10.3. The van der Waals surface area contributed by atoms with Crippen molar-refractivity contribution < 1.29 is 0 Å². The summed E-state index contributed by atoms with van der Waals surface area (Å²) in [5.41, 5.74) is 2.89. The van der Waals surface area contributed by atoms with Crippen molar-refractivity contribution in [2.45, 2.75) is 17.0 Å². The molecule has 124 valence electrons. The molecule has 0 radical (unpaired) electrons. The third kappa shape index (κ3) is 3.80. The second kappa shape index (κ2) is 7.83. The summed E-state index contributed by atoms with van der Waals surface area (Å²) in [4.78, 5) is 0. The Hall–Kier alpha value is -1.83. The molecular weight excluding hydrogens is 362 g/mol. The van der Waals surface area contributed by atoms with Gasteiger partial charge in [-0.05, 0) is 19.1 Å². The Kier molecular flexibility index (Phi) is 5.55. The van der Waals surface area contributed by atoms with Crippen LogP contribution in [-0.2, 0) is 5.75 Å². The van der Waals surface area contributed by atoms with Crippen molar-refractivity contribution in [1.82, 2.24) is 20.0 Å². The first kappa shape index (κ1) is 17.0. The number of nitrogens with one attached hydrogen (secondary N) is 1. The zero-order valence-corrected chi connectivity index (χ0v) is 15.5. The van der Waals surface area contributed by atoms with E-state index in [4.69, 9.17) is 11.6 Å². The van der Waals surface area contributed by atoms with E-state index < -0.39 is 0 Å². The van der Waals surface area contributed by atoms with E-state index in [2.05, 4.69) is 27.2 Å². The van der Waals surface area contributed by atoms with Gasteiger partial charge in [-0.15, -0.1) is 16.8 Å². The van der Waals surface area contributed by atoms with Crippen molar-refractivity contribution in [3.8, 4) is 5.69 Å². The Morgan fingerprint density at radius 3 is 2.88 bits per heavy atom. The lowest BCUT2D eigenvalue weighted by Gasteiger charge is -2.02. The molecule has 1 N–H and O–H groups in total. The van der Waals surface area contributed by atoms with Crippen LogP contribution in [0.5, 0.6) is 0 Å². The van der Waals surface area contributed by atoms with E-state index in [9.17, 15) is 0 Å². The monoisotopic (exact) mass is 377 g/mol. The molecular formula is C16H16ClN5S2. The average molecular weight is 378 g/mol. The highest BCUT2D eigenvalue weighted by Crippen LogP contribution is 2.32. The second-order valence-corrected chi connectivity index (χ2v) is 7.49. The van der Waals surface area contributed by atoms with Gasteiger partial charge in [-0.25, -0.2) is 4.68 Å². The molecule has 0 unspecified atom stereocenters. The molecule has 0 fully saturated rings. The number of nitrogens with zero attached hydrogens (tertiary/aromatic N) is 4. The highest BCUT2D eigenvalue weighted by atomic mass is 35.5. The Bertz CT molecular complexity index is 828. The molecule has 0 aliphatic rings. The van der Waals surface area contributed by atoms with Crippen LogP contribution < -0.4 is 5.32 Å². The van der Waals surface area contributed by atoms with Crippen LogP contribution in [0.15, 0.2) is 47.3 Å². The molecule has 0 saturated heterocycles. The quantitative estimate of drug-likeness (QED) is 0.482. The summed E-state index contributed by atoms with van der Waals surface area (Å²) in [5.74, 6) is 0.702. The summed E-state index contributed by atoms with van der Waals surface area (Å²) < 4.78 is 2.66. The lowest BCUT2D eigenvalue weighted by molar-refractivity contribution is 0.863. The normalized spacial score (nSPS) is 10.8. The highest BCUT2D eigenvalue weighted by Gasteiger charge is 2.15. The lowest BCUT2D eigenvalue weighted by Crippen LogP contribution is -1.96. The van der Waals surface area contributed by atoms with E-state index in [1.54, 1.807) is 22.5 Å². The van der Waals surface area contributed by atoms with Crippen LogP contribution in [0.25, 0.3) is 5.69 Å².